The van der Waals surface area contributed by atoms with Gasteiger partial charge in [0.2, 0.25) is 5.69 Å². The fraction of sp³-hybridized carbons (Fsp3) is 0.571. The zero-order chi connectivity index (χ0) is 7.72. The second kappa shape index (κ2) is 2.42. The molecular weight excluding hydrogens is 130 g/mol. The molecule has 1 aromatic rings. The zero-order valence-electron chi connectivity index (χ0n) is 6.51. The number of aliphatic hydroxyl groups excluding tert-OH is 1. The summed E-state index contributed by atoms with van der Waals surface area (Å²) in [6, 6.07) is 0. The summed E-state index contributed by atoms with van der Waals surface area (Å²) in [5.41, 5.74) is 1.88. The highest BCUT2D eigenvalue weighted by molar-refractivity contribution is 5.15. The molecule has 56 valence electrons. The standard InChI is InChI=1S/C7H12NO2/c1-5-7(4-9)6(2)10-8(5)3/h9H,4H2,1-3H3/q+1. The predicted molar refractivity (Wildman–Crippen MR) is 35.3 cm³/mol. The van der Waals surface area contributed by atoms with Gasteiger partial charge >= 0.3 is 0 Å². The van der Waals surface area contributed by atoms with E-state index in [9.17, 15) is 0 Å². The average Bonchev–Trinajstić information content (AvgIpc) is 2.09. The van der Waals surface area contributed by atoms with Crippen LogP contribution in [0.25, 0.3) is 0 Å². The summed E-state index contributed by atoms with van der Waals surface area (Å²) in [7, 11) is 1.82. The van der Waals surface area contributed by atoms with E-state index < -0.39 is 0 Å². The quantitative estimate of drug-likeness (QED) is 0.569. The molecule has 1 aromatic heterocycles. The molecule has 0 bridgehead atoms. The lowest BCUT2D eigenvalue weighted by Gasteiger charge is -1.83. The number of hydrogen-bond donors (Lipinski definition) is 1. The molecule has 0 fully saturated rings. The minimum Gasteiger partial charge on any atom is -0.391 e. The first-order valence-electron chi connectivity index (χ1n) is 3.23. The maximum Gasteiger partial charge on any atom is 0.233 e. The Morgan fingerprint density at radius 1 is 1.50 bits per heavy atom. The molecule has 3 heteroatoms. The molecule has 0 aliphatic carbocycles. The van der Waals surface area contributed by atoms with Crippen LogP contribution in [0.5, 0.6) is 0 Å². The second-order valence-corrected chi connectivity index (χ2v) is 2.37. The summed E-state index contributed by atoms with van der Waals surface area (Å²) in [5.74, 6) is 0.794. The van der Waals surface area contributed by atoms with Crippen molar-refractivity contribution in [2.24, 2.45) is 7.05 Å². The summed E-state index contributed by atoms with van der Waals surface area (Å²) in [5, 5.41) is 8.84. The molecule has 10 heavy (non-hydrogen) atoms. The van der Waals surface area contributed by atoms with Crippen LogP contribution in [0.15, 0.2) is 4.52 Å². The molecule has 0 unspecified atom stereocenters. The Bertz CT molecular complexity index is 240. The molecule has 0 aliphatic rings. The van der Waals surface area contributed by atoms with Gasteiger partial charge in [0, 0.05) is 13.8 Å². The van der Waals surface area contributed by atoms with Crippen LogP contribution in [0, 0.1) is 13.8 Å². The first kappa shape index (κ1) is 7.28. The van der Waals surface area contributed by atoms with Crippen LogP contribution in [0.1, 0.15) is 17.0 Å². The Balaban J connectivity index is 3.20. The minimum absolute atomic E-state index is 0.0575. The smallest absolute Gasteiger partial charge is 0.233 e. The molecule has 0 spiro atoms. The lowest BCUT2D eigenvalue weighted by atomic mass is 10.2. The summed E-state index contributed by atoms with van der Waals surface area (Å²) < 4.78 is 6.85. The highest BCUT2D eigenvalue weighted by Gasteiger charge is 2.16. The van der Waals surface area contributed by atoms with E-state index in [2.05, 4.69) is 0 Å². The Labute approximate surface area is 59.9 Å². The maximum absolute atomic E-state index is 8.84. The number of hydrogen-bond acceptors (Lipinski definition) is 2. The molecule has 0 saturated heterocycles. The van der Waals surface area contributed by atoms with Crippen LogP contribution >= 0.6 is 0 Å². The lowest BCUT2D eigenvalue weighted by Crippen LogP contribution is -2.28. The van der Waals surface area contributed by atoms with E-state index in [1.165, 1.54) is 0 Å². The van der Waals surface area contributed by atoms with Crippen molar-refractivity contribution in [1.82, 2.24) is 0 Å². The lowest BCUT2D eigenvalue weighted by molar-refractivity contribution is -0.850. The summed E-state index contributed by atoms with van der Waals surface area (Å²) in [6.07, 6.45) is 0. The molecule has 1 N–H and O–H groups in total. The number of rotatable bonds is 1. The van der Waals surface area contributed by atoms with Gasteiger partial charge in [-0.25, -0.2) is 4.52 Å². The third-order valence-corrected chi connectivity index (χ3v) is 1.77. The van der Waals surface area contributed by atoms with Gasteiger partial charge in [-0.2, -0.15) is 0 Å². The molecule has 0 amide bonds. The summed E-state index contributed by atoms with van der Waals surface area (Å²) in [4.78, 5) is 0. The number of aromatic nitrogens is 1. The van der Waals surface area contributed by atoms with E-state index in [1.807, 2.05) is 20.9 Å². The summed E-state index contributed by atoms with van der Waals surface area (Å²) in [6.45, 7) is 3.82. The SMILES string of the molecule is Cc1o[n+](C)c(C)c1CO. The number of aryl methyl sites for hydroxylation is 2. The Hall–Kier alpha value is -0.830. The van der Waals surface area contributed by atoms with Crippen LogP contribution in [0.2, 0.25) is 0 Å². The molecule has 0 radical (unpaired) electrons. The fourth-order valence-electron chi connectivity index (χ4n) is 1.000. The molecular formula is C7H12NO2+. The van der Waals surface area contributed by atoms with Crippen molar-refractivity contribution in [2.75, 3.05) is 0 Å². The van der Waals surface area contributed by atoms with Gasteiger partial charge in [0.1, 0.15) is 0 Å². The van der Waals surface area contributed by atoms with Gasteiger partial charge in [-0.05, 0) is 4.74 Å². The minimum atomic E-state index is 0.0575. The molecule has 0 saturated carbocycles. The summed E-state index contributed by atoms with van der Waals surface area (Å²) >= 11 is 0. The van der Waals surface area contributed by atoms with Crippen molar-refractivity contribution in [3.8, 4) is 0 Å². The molecule has 0 aromatic carbocycles. The highest BCUT2D eigenvalue weighted by Crippen LogP contribution is 2.08. The van der Waals surface area contributed by atoms with Crippen molar-refractivity contribution < 1.29 is 14.4 Å². The van der Waals surface area contributed by atoms with E-state index in [1.54, 1.807) is 4.74 Å². The van der Waals surface area contributed by atoms with Crippen LogP contribution in [0.4, 0.5) is 0 Å². The number of nitrogens with zero attached hydrogens (tertiary/aromatic N) is 1. The Morgan fingerprint density at radius 2 is 2.10 bits per heavy atom. The van der Waals surface area contributed by atoms with E-state index in [4.69, 9.17) is 9.63 Å². The van der Waals surface area contributed by atoms with Crippen LogP contribution in [-0.4, -0.2) is 5.11 Å². The topological polar surface area (TPSA) is 37.2 Å². The largest absolute Gasteiger partial charge is 0.391 e. The highest BCUT2D eigenvalue weighted by atomic mass is 16.5. The van der Waals surface area contributed by atoms with Gasteiger partial charge in [-0.1, -0.05) is 0 Å². The van der Waals surface area contributed by atoms with Crippen LogP contribution in [-0.2, 0) is 13.7 Å². The zero-order valence-corrected chi connectivity index (χ0v) is 6.51. The normalized spacial score (nSPS) is 10.4. The van der Waals surface area contributed by atoms with Crippen molar-refractivity contribution in [3.63, 3.8) is 0 Å². The third kappa shape index (κ3) is 0.926. The first-order valence-corrected chi connectivity index (χ1v) is 3.23. The van der Waals surface area contributed by atoms with Gasteiger partial charge in [0.05, 0.1) is 12.2 Å². The van der Waals surface area contributed by atoms with E-state index >= 15 is 0 Å². The molecule has 1 rings (SSSR count). The van der Waals surface area contributed by atoms with Gasteiger partial charge < -0.3 is 5.11 Å². The first-order chi connectivity index (χ1) is 4.66. The maximum atomic E-state index is 8.84. The van der Waals surface area contributed by atoms with Gasteiger partial charge in [-0.3, -0.25) is 0 Å². The van der Waals surface area contributed by atoms with Gasteiger partial charge in [0.25, 0.3) is 0 Å². The van der Waals surface area contributed by atoms with Crippen molar-refractivity contribution in [3.05, 3.63) is 17.0 Å². The average molecular weight is 142 g/mol. The van der Waals surface area contributed by atoms with E-state index in [-0.39, 0.29) is 6.61 Å². The Kier molecular flexibility index (Phi) is 1.76. The van der Waals surface area contributed by atoms with Crippen LogP contribution < -0.4 is 4.74 Å². The fourth-order valence-corrected chi connectivity index (χ4v) is 1.000. The predicted octanol–water partition coefficient (Wildman–Crippen LogP) is 0.213. The van der Waals surface area contributed by atoms with Gasteiger partial charge in [-0.15, -0.1) is 0 Å². The molecule has 1 heterocycles. The van der Waals surface area contributed by atoms with E-state index in [0.29, 0.717) is 0 Å². The Morgan fingerprint density at radius 3 is 2.30 bits per heavy atom. The molecule has 0 aliphatic heterocycles. The van der Waals surface area contributed by atoms with Crippen molar-refractivity contribution in [2.45, 2.75) is 20.5 Å². The van der Waals surface area contributed by atoms with Crippen molar-refractivity contribution >= 4 is 0 Å². The number of aliphatic hydroxyl groups is 1. The third-order valence-electron chi connectivity index (χ3n) is 1.77. The van der Waals surface area contributed by atoms with Gasteiger partial charge in [0.15, 0.2) is 12.8 Å². The van der Waals surface area contributed by atoms with E-state index in [0.717, 1.165) is 17.0 Å². The molecule has 3 nitrogen and oxygen atoms in total. The van der Waals surface area contributed by atoms with Crippen molar-refractivity contribution in [1.29, 1.82) is 0 Å². The van der Waals surface area contributed by atoms with Crippen LogP contribution in [0.3, 0.4) is 0 Å². The molecule has 0 atom stereocenters. The monoisotopic (exact) mass is 142 g/mol. The second-order valence-electron chi connectivity index (χ2n) is 2.37.